The van der Waals surface area contributed by atoms with E-state index < -0.39 is 0 Å². The lowest BCUT2D eigenvalue weighted by atomic mass is 10.0. The normalized spacial score (nSPS) is 16.0. The van der Waals surface area contributed by atoms with Crippen molar-refractivity contribution in [1.29, 1.82) is 0 Å². The summed E-state index contributed by atoms with van der Waals surface area (Å²) in [5.74, 6) is 3.36. The molecule has 0 saturated heterocycles. The topological polar surface area (TPSA) is 129 Å². The van der Waals surface area contributed by atoms with Crippen molar-refractivity contribution in [1.82, 2.24) is 10.3 Å². The first kappa shape index (κ1) is 25.0. The number of hydrogen-bond acceptors (Lipinski definition) is 5. The SMILES string of the molecule is C=C(N=C1NC(=NC2=NC(=C)c3ccccc32)c2ccccc21)c1ccccc1C(N)=Nc1[nH]c(N)c2ccccc12. The van der Waals surface area contributed by atoms with Crippen LogP contribution in [0.2, 0.25) is 0 Å². The second-order valence-electron chi connectivity index (χ2n) is 9.94. The molecule has 0 aliphatic carbocycles. The highest BCUT2D eigenvalue weighted by Gasteiger charge is 2.26. The van der Waals surface area contributed by atoms with E-state index in [0.717, 1.165) is 38.6 Å². The molecular formula is C34H26N8. The molecule has 0 saturated carbocycles. The van der Waals surface area contributed by atoms with Crippen molar-refractivity contribution < 1.29 is 0 Å². The summed E-state index contributed by atoms with van der Waals surface area (Å²) in [5, 5.41) is 5.18. The molecule has 0 fully saturated rings. The second-order valence-corrected chi connectivity index (χ2v) is 9.94. The maximum atomic E-state index is 6.56. The molecule has 0 radical (unpaired) electrons. The van der Waals surface area contributed by atoms with Crippen LogP contribution in [0.25, 0.3) is 22.2 Å². The van der Waals surface area contributed by atoms with Gasteiger partial charge in [-0.15, -0.1) is 0 Å². The Bertz CT molecular complexity index is 2070. The molecule has 42 heavy (non-hydrogen) atoms. The predicted molar refractivity (Wildman–Crippen MR) is 173 cm³/mol. The molecule has 7 rings (SSSR count). The molecular weight excluding hydrogens is 520 g/mol. The fraction of sp³-hybridized carbons (Fsp3) is 0. The summed E-state index contributed by atoms with van der Waals surface area (Å²) in [4.78, 5) is 22.2. The van der Waals surface area contributed by atoms with Crippen LogP contribution in [-0.4, -0.2) is 28.3 Å². The number of aromatic amines is 1. The minimum atomic E-state index is 0.319. The molecule has 2 aliphatic rings. The Morgan fingerprint density at radius 3 is 2.07 bits per heavy atom. The van der Waals surface area contributed by atoms with E-state index in [4.69, 9.17) is 26.4 Å². The molecule has 8 heteroatoms. The summed E-state index contributed by atoms with van der Waals surface area (Å²) >= 11 is 0. The Balaban J connectivity index is 1.24. The molecule has 2 aliphatic heterocycles. The molecule has 1 aromatic heterocycles. The average molecular weight is 547 g/mol. The number of nitrogen functional groups attached to an aromatic ring is 1. The molecule has 0 amide bonds. The lowest BCUT2D eigenvalue weighted by Gasteiger charge is -2.10. The van der Waals surface area contributed by atoms with Gasteiger partial charge in [0.1, 0.15) is 29.1 Å². The zero-order valence-corrected chi connectivity index (χ0v) is 22.6. The Morgan fingerprint density at radius 1 is 0.714 bits per heavy atom. The third kappa shape index (κ3) is 4.18. The van der Waals surface area contributed by atoms with Crippen LogP contribution in [0.3, 0.4) is 0 Å². The Hall–Kier alpha value is -6.02. The maximum Gasteiger partial charge on any atom is 0.162 e. The van der Waals surface area contributed by atoms with E-state index in [1.807, 2.05) is 97.1 Å². The Kier molecular flexibility index (Phi) is 5.87. The molecule has 3 heterocycles. The number of nitrogens with zero attached hydrogens (tertiary/aromatic N) is 4. The van der Waals surface area contributed by atoms with Crippen LogP contribution < -0.4 is 16.8 Å². The van der Waals surface area contributed by atoms with E-state index in [9.17, 15) is 0 Å². The number of hydrogen-bond donors (Lipinski definition) is 4. The average Bonchev–Trinajstić information content (AvgIpc) is 3.64. The molecule has 202 valence electrons. The highest BCUT2D eigenvalue weighted by Crippen LogP contribution is 2.32. The van der Waals surface area contributed by atoms with E-state index >= 15 is 0 Å². The largest absolute Gasteiger partial charge is 0.385 e. The summed E-state index contributed by atoms with van der Waals surface area (Å²) < 4.78 is 0. The van der Waals surface area contributed by atoms with Gasteiger partial charge in [0, 0.05) is 44.2 Å². The minimum absolute atomic E-state index is 0.319. The van der Waals surface area contributed by atoms with E-state index in [-0.39, 0.29) is 0 Å². The van der Waals surface area contributed by atoms with Crippen LogP contribution in [0.5, 0.6) is 0 Å². The maximum absolute atomic E-state index is 6.56. The van der Waals surface area contributed by atoms with Crippen molar-refractivity contribution in [2.45, 2.75) is 0 Å². The quantitative estimate of drug-likeness (QED) is 0.163. The van der Waals surface area contributed by atoms with Crippen LogP contribution in [0.15, 0.2) is 130 Å². The van der Waals surface area contributed by atoms with Gasteiger partial charge in [-0.1, -0.05) is 110 Å². The summed E-state index contributed by atoms with van der Waals surface area (Å²) in [5.41, 5.74) is 19.2. The highest BCUT2D eigenvalue weighted by atomic mass is 15.1. The van der Waals surface area contributed by atoms with Crippen LogP contribution >= 0.6 is 0 Å². The van der Waals surface area contributed by atoms with Crippen molar-refractivity contribution in [3.8, 4) is 0 Å². The van der Waals surface area contributed by atoms with E-state index in [1.54, 1.807) is 0 Å². The molecule has 8 nitrogen and oxygen atoms in total. The lowest BCUT2D eigenvalue weighted by molar-refractivity contribution is 1.33. The number of aliphatic imine (C=N–C) groups is 4. The molecule has 0 spiro atoms. The number of aromatic nitrogens is 1. The van der Waals surface area contributed by atoms with Gasteiger partial charge >= 0.3 is 0 Å². The highest BCUT2D eigenvalue weighted by molar-refractivity contribution is 6.29. The van der Waals surface area contributed by atoms with Gasteiger partial charge in [0.2, 0.25) is 0 Å². The summed E-state index contributed by atoms with van der Waals surface area (Å²) in [6.45, 7) is 8.37. The molecule has 0 atom stereocenters. The first-order valence-corrected chi connectivity index (χ1v) is 13.4. The second kappa shape index (κ2) is 9.87. The molecule has 0 unspecified atom stereocenters. The van der Waals surface area contributed by atoms with Crippen LogP contribution in [-0.2, 0) is 0 Å². The minimum Gasteiger partial charge on any atom is -0.385 e. The van der Waals surface area contributed by atoms with Gasteiger partial charge in [-0.25, -0.2) is 20.0 Å². The van der Waals surface area contributed by atoms with Gasteiger partial charge in [-0.2, -0.15) is 0 Å². The third-order valence-corrected chi connectivity index (χ3v) is 7.33. The zero-order valence-electron chi connectivity index (χ0n) is 22.6. The third-order valence-electron chi connectivity index (χ3n) is 7.33. The Morgan fingerprint density at radius 2 is 1.31 bits per heavy atom. The van der Waals surface area contributed by atoms with Gasteiger partial charge in [-0.3, -0.25) is 0 Å². The monoisotopic (exact) mass is 546 g/mol. The zero-order chi connectivity index (χ0) is 28.8. The predicted octanol–water partition coefficient (Wildman–Crippen LogP) is 5.99. The summed E-state index contributed by atoms with van der Waals surface area (Å²) in [7, 11) is 0. The number of anilines is 1. The van der Waals surface area contributed by atoms with E-state index in [2.05, 4.69) is 28.5 Å². The van der Waals surface area contributed by atoms with Gasteiger partial charge < -0.3 is 21.8 Å². The first-order chi connectivity index (χ1) is 20.5. The molecule has 4 aromatic carbocycles. The number of benzene rings is 4. The van der Waals surface area contributed by atoms with Crippen LogP contribution in [0.1, 0.15) is 33.4 Å². The molecule has 6 N–H and O–H groups in total. The Labute approximate surface area is 242 Å². The van der Waals surface area contributed by atoms with Crippen molar-refractivity contribution in [2.75, 3.05) is 5.73 Å². The fourth-order valence-electron chi connectivity index (χ4n) is 5.30. The van der Waals surface area contributed by atoms with Gasteiger partial charge in [0.05, 0.1) is 11.4 Å². The smallest absolute Gasteiger partial charge is 0.162 e. The summed E-state index contributed by atoms with van der Waals surface area (Å²) in [6.07, 6.45) is 0. The van der Waals surface area contributed by atoms with Crippen LogP contribution in [0, 0.1) is 0 Å². The summed E-state index contributed by atoms with van der Waals surface area (Å²) in [6, 6.07) is 31.3. The van der Waals surface area contributed by atoms with Crippen molar-refractivity contribution in [3.63, 3.8) is 0 Å². The lowest BCUT2D eigenvalue weighted by Crippen LogP contribution is -2.24. The van der Waals surface area contributed by atoms with Gasteiger partial charge in [0.15, 0.2) is 5.84 Å². The van der Waals surface area contributed by atoms with Gasteiger partial charge in [-0.05, 0) is 0 Å². The molecule has 0 bridgehead atoms. The number of H-pyrrole nitrogens is 1. The van der Waals surface area contributed by atoms with Crippen LogP contribution in [0.4, 0.5) is 11.6 Å². The first-order valence-electron chi connectivity index (χ1n) is 13.4. The number of nitrogens with two attached hydrogens (primary N) is 2. The molecule has 5 aromatic rings. The number of amidine groups is 4. The van der Waals surface area contributed by atoms with E-state index in [0.29, 0.717) is 51.9 Å². The van der Waals surface area contributed by atoms with Crippen molar-refractivity contribution in [3.05, 3.63) is 144 Å². The number of nitrogens with one attached hydrogen (secondary N) is 2. The number of rotatable bonds is 4. The van der Waals surface area contributed by atoms with Gasteiger partial charge in [0.25, 0.3) is 0 Å². The van der Waals surface area contributed by atoms with E-state index in [1.165, 1.54) is 0 Å². The van der Waals surface area contributed by atoms with Crippen molar-refractivity contribution >= 4 is 57.1 Å². The fourth-order valence-corrected chi connectivity index (χ4v) is 5.30. The standard InChI is InChI=1S/C34H26N8/c1-19(21-11-3-5-13-23(21)29(35)39-33-26-16-8-6-14-24(26)30(36)40-33)37-32-27-17-9-10-18-28(27)34(42-32)41-31-25-15-7-4-12-22(25)20(2)38-31/h3-18,40H,1-2,36H2,(H2,35,39)(H,37,38,41,42). The number of fused-ring (bicyclic) bond motifs is 3. The van der Waals surface area contributed by atoms with Crippen molar-refractivity contribution in [2.24, 2.45) is 25.7 Å².